The van der Waals surface area contributed by atoms with Gasteiger partial charge in [-0.2, -0.15) is 4.99 Å². The Morgan fingerprint density at radius 1 is 1.02 bits per heavy atom. The van der Waals surface area contributed by atoms with Crippen LogP contribution in [0.3, 0.4) is 0 Å². The number of alkyl halides is 3. The lowest BCUT2D eigenvalue weighted by molar-refractivity contribution is -0.274. The predicted molar refractivity (Wildman–Crippen MR) is 168 cm³/mol. The molecule has 238 valence electrons. The number of rotatable bonds is 10. The Kier molecular flexibility index (Phi) is 10.9. The van der Waals surface area contributed by atoms with E-state index in [0.717, 1.165) is 29.7 Å². The first-order valence-electron chi connectivity index (χ1n) is 14.0. The maximum absolute atomic E-state index is 12.8. The molecule has 1 heterocycles. The van der Waals surface area contributed by atoms with Crippen molar-refractivity contribution in [2.75, 3.05) is 27.8 Å². The lowest BCUT2D eigenvalue weighted by atomic mass is 10.1. The molecule has 0 spiro atoms. The van der Waals surface area contributed by atoms with Crippen LogP contribution in [0.5, 0.6) is 11.5 Å². The summed E-state index contributed by atoms with van der Waals surface area (Å²) in [5.41, 5.74) is 3.13. The normalized spacial score (nSPS) is 14.7. The average molecular weight is 644 g/mol. The van der Waals surface area contributed by atoms with Gasteiger partial charge in [-0.25, -0.2) is 9.59 Å². The molecule has 3 aromatic carbocycles. The molecular formula is C31H32F3N5O5S. The third-order valence-corrected chi connectivity index (χ3v) is 7.39. The van der Waals surface area contributed by atoms with Crippen molar-refractivity contribution in [2.24, 2.45) is 4.99 Å². The third kappa shape index (κ3) is 9.89. The van der Waals surface area contributed by atoms with Gasteiger partial charge in [0.1, 0.15) is 11.5 Å². The second-order valence-electron chi connectivity index (χ2n) is 10.1. The van der Waals surface area contributed by atoms with Crippen LogP contribution < -0.4 is 30.3 Å². The Morgan fingerprint density at radius 3 is 2.29 bits per heavy atom. The van der Waals surface area contributed by atoms with Crippen LogP contribution in [0.25, 0.3) is 0 Å². The summed E-state index contributed by atoms with van der Waals surface area (Å²) in [6.07, 6.45) is -3.58. The summed E-state index contributed by atoms with van der Waals surface area (Å²) in [6, 6.07) is 16.1. The number of thioether (sulfide) groups is 1. The van der Waals surface area contributed by atoms with E-state index in [-0.39, 0.29) is 35.2 Å². The number of aliphatic imine (C=N–C) groups is 1. The number of nitrogens with one attached hydrogen (secondary N) is 3. The van der Waals surface area contributed by atoms with Crippen molar-refractivity contribution in [3.8, 4) is 11.5 Å². The number of carbonyl (C=O) groups excluding carboxylic acids is 3. The highest BCUT2D eigenvalue weighted by molar-refractivity contribution is 8.15. The number of hydrogen-bond donors (Lipinski definition) is 3. The fourth-order valence-corrected chi connectivity index (χ4v) is 4.97. The topological polar surface area (TPSA) is 121 Å². The molecule has 45 heavy (non-hydrogen) atoms. The van der Waals surface area contributed by atoms with Crippen LogP contribution in [0.2, 0.25) is 0 Å². The summed E-state index contributed by atoms with van der Waals surface area (Å²) >= 11 is 1.18. The summed E-state index contributed by atoms with van der Waals surface area (Å²) in [7, 11) is 0. The number of halogens is 3. The quantitative estimate of drug-likeness (QED) is 0.217. The van der Waals surface area contributed by atoms with Gasteiger partial charge in [-0.15, -0.1) is 13.2 Å². The first-order valence-corrected chi connectivity index (χ1v) is 15.0. The Bertz CT molecular complexity index is 1550. The van der Waals surface area contributed by atoms with Gasteiger partial charge in [0.25, 0.3) is 0 Å². The number of amidine groups is 1. The number of amides is 5. The molecule has 0 aromatic heterocycles. The molecule has 0 radical (unpaired) electrons. The smallest absolute Gasteiger partial charge is 0.489 e. The van der Waals surface area contributed by atoms with Gasteiger partial charge in [0.15, 0.2) is 5.17 Å². The molecule has 3 N–H and O–H groups in total. The van der Waals surface area contributed by atoms with E-state index >= 15 is 0 Å². The van der Waals surface area contributed by atoms with Gasteiger partial charge in [0, 0.05) is 17.9 Å². The zero-order chi connectivity index (χ0) is 32.6. The van der Waals surface area contributed by atoms with Gasteiger partial charge in [-0.3, -0.25) is 9.69 Å². The lowest BCUT2D eigenvalue weighted by Crippen LogP contribution is -2.32. The minimum atomic E-state index is -4.80. The van der Waals surface area contributed by atoms with Crippen molar-refractivity contribution in [1.29, 1.82) is 0 Å². The van der Waals surface area contributed by atoms with Crippen LogP contribution in [0, 0.1) is 6.92 Å². The van der Waals surface area contributed by atoms with Crippen LogP contribution in [-0.2, 0) is 11.2 Å². The van der Waals surface area contributed by atoms with Crippen molar-refractivity contribution in [2.45, 2.75) is 46.1 Å². The van der Waals surface area contributed by atoms with E-state index in [1.165, 1.54) is 28.8 Å². The number of ether oxygens (including phenoxy) is 2. The third-order valence-electron chi connectivity index (χ3n) is 6.47. The summed E-state index contributed by atoms with van der Waals surface area (Å²) in [5, 5.41) is 8.18. The highest BCUT2D eigenvalue weighted by Gasteiger charge is 2.33. The molecule has 1 aliphatic heterocycles. The van der Waals surface area contributed by atoms with E-state index in [9.17, 15) is 27.6 Å². The van der Waals surface area contributed by atoms with Gasteiger partial charge < -0.3 is 25.4 Å². The van der Waals surface area contributed by atoms with Gasteiger partial charge in [0.05, 0.1) is 17.5 Å². The first kappa shape index (κ1) is 33.2. The minimum absolute atomic E-state index is 0.0568. The summed E-state index contributed by atoms with van der Waals surface area (Å²) < 4.78 is 46.7. The molecule has 1 fully saturated rings. The number of aryl methyl sites for hydroxylation is 1. The summed E-state index contributed by atoms with van der Waals surface area (Å²) in [4.78, 5) is 43.3. The number of hydrogen-bond acceptors (Lipinski definition) is 6. The monoisotopic (exact) mass is 643 g/mol. The number of benzene rings is 3. The maximum atomic E-state index is 12.8. The van der Waals surface area contributed by atoms with Crippen molar-refractivity contribution >= 4 is 52.0 Å². The molecule has 0 saturated carbocycles. The number of nitrogens with zero attached hydrogens (tertiary/aromatic N) is 2. The Balaban J connectivity index is 1.28. The van der Waals surface area contributed by atoms with Crippen LogP contribution >= 0.6 is 11.8 Å². The number of anilines is 3. The van der Waals surface area contributed by atoms with Gasteiger partial charge in [0.2, 0.25) is 5.91 Å². The van der Waals surface area contributed by atoms with Crippen molar-refractivity contribution in [3.63, 3.8) is 0 Å². The fraction of sp³-hybridized carbons (Fsp3) is 0.290. The molecule has 1 atom stereocenters. The van der Waals surface area contributed by atoms with Gasteiger partial charge in [-0.05, 0) is 86.3 Å². The minimum Gasteiger partial charge on any atom is -0.489 e. The maximum Gasteiger partial charge on any atom is 0.573 e. The van der Waals surface area contributed by atoms with Crippen LogP contribution in [0.15, 0.2) is 71.7 Å². The second-order valence-corrected chi connectivity index (χ2v) is 11.0. The van der Waals surface area contributed by atoms with Crippen molar-refractivity contribution < 1.29 is 37.0 Å². The zero-order valence-corrected chi connectivity index (χ0v) is 25.6. The standard InChI is InChI=1S/C31H32F3N5O5S/c1-4-20(3)43-26-14-5-19(2)17-25(26)39-27(40)18-45-30(39)38-28(41)35-16-15-21-6-8-22(9-7-21)36-29(42)37-23-10-12-24(13-11-23)44-31(32,33)34/h5-14,17,20H,4,15-16,18H2,1-3H3,(H,35,41)(H2,36,37,42)/b38-30-. The van der Waals surface area contributed by atoms with E-state index in [2.05, 4.69) is 25.7 Å². The number of carbonyl (C=O) groups is 3. The summed E-state index contributed by atoms with van der Waals surface area (Å²) in [5.74, 6) is 0.111. The second kappa shape index (κ2) is 14.8. The highest BCUT2D eigenvalue weighted by atomic mass is 32.2. The molecule has 5 amide bonds. The molecule has 1 unspecified atom stereocenters. The zero-order valence-electron chi connectivity index (χ0n) is 24.7. The van der Waals surface area contributed by atoms with Crippen molar-refractivity contribution in [3.05, 3.63) is 77.9 Å². The Hall–Kier alpha value is -4.72. The van der Waals surface area contributed by atoms with Crippen LogP contribution in [0.1, 0.15) is 31.4 Å². The Morgan fingerprint density at radius 2 is 1.67 bits per heavy atom. The molecule has 1 saturated heterocycles. The average Bonchev–Trinajstić information content (AvgIpc) is 3.34. The SMILES string of the molecule is CCC(C)Oc1ccc(C)cc1N1C(=O)CS/C1=N\C(=O)NCCc1ccc(NC(=O)Nc2ccc(OC(F)(F)F)cc2)cc1. The predicted octanol–water partition coefficient (Wildman–Crippen LogP) is 7.10. The largest absolute Gasteiger partial charge is 0.573 e. The molecule has 0 aliphatic carbocycles. The molecule has 14 heteroatoms. The van der Waals surface area contributed by atoms with E-state index in [1.807, 2.05) is 39.0 Å². The molecule has 10 nitrogen and oxygen atoms in total. The molecular weight excluding hydrogens is 611 g/mol. The van der Waals surface area contributed by atoms with Crippen LogP contribution in [0.4, 0.5) is 39.8 Å². The molecule has 0 bridgehead atoms. The summed E-state index contributed by atoms with van der Waals surface area (Å²) in [6.45, 7) is 6.14. The molecule has 1 aliphatic rings. The van der Waals surface area contributed by atoms with E-state index in [4.69, 9.17) is 4.74 Å². The van der Waals surface area contributed by atoms with Gasteiger partial charge in [-0.1, -0.05) is 36.9 Å². The molecule has 4 rings (SSSR count). The highest BCUT2D eigenvalue weighted by Crippen LogP contribution is 2.36. The fourth-order valence-electron chi connectivity index (χ4n) is 4.11. The first-order chi connectivity index (χ1) is 21.4. The van der Waals surface area contributed by atoms with Crippen molar-refractivity contribution in [1.82, 2.24) is 5.32 Å². The number of urea groups is 2. The molecule has 3 aromatic rings. The van der Waals surface area contributed by atoms with E-state index in [1.54, 1.807) is 24.3 Å². The van der Waals surface area contributed by atoms with E-state index in [0.29, 0.717) is 23.5 Å². The Labute approximate surface area is 262 Å². The van der Waals surface area contributed by atoms with Crippen LogP contribution in [-0.4, -0.2) is 47.9 Å². The van der Waals surface area contributed by atoms with Gasteiger partial charge >= 0.3 is 18.4 Å². The lowest BCUT2D eigenvalue weighted by Gasteiger charge is -2.22. The van der Waals surface area contributed by atoms with E-state index < -0.39 is 24.2 Å².